The van der Waals surface area contributed by atoms with Gasteiger partial charge in [0.25, 0.3) is 0 Å². The molecule has 4 aliphatic rings. The van der Waals surface area contributed by atoms with Crippen LogP contribution in [0, 0.1) is 17.8 Å². The summed E-state index contributed by atoms with van der Waals surface area (Å²) in [6, 6.07) is 0. The van der Waals surface area contributed by atoms with Gasteiger partial charge in [-0.05, 0) is 51.9 Å². The molecule has 4 aliphatic carbocycles. The third-order valence-electron chi connectivity index (χ3n) is 5.85. The van der Waals surface area contributed by atoms with Crippen molar-refractivity contribution in [2.24, 2.45) is 17.8 Å². The molecule has 4 nitrogen and oxygen atoms in total. The lowest BCUT2D eigenvalue weighted by Gasteiger charge is -2.62. The fraction of sp³-hybridized carbons (Fsp3) is 0.765. The Kier molecular flexibility index (Phi) is 3.79. The van der Waals surface area contributed by atoms with Crippen LogP contribution in [0.15, 0.2) is 12.2 Å². The van der Waals surface area contributed by atoms with Crippen molar-refractivity contribution >= 4 is 23.5 Å². The highest BCUT2D eigenvalue weighted by Crippen LogP contribution is 2.62. The second-order valence-corrected chi connectivity index (χ2v) is 7.76. The Bertz CT molecular complexity index is 511. The van der Waals surface area contributed by atoms with Crippen LogP contribution in [0.3, 0.4) is 0 Å². The highest BCUT2D eigenvalue weighted by molar-refractivity contribution is 6.26. The number of carbonyl (C=O) groups is 2. The van der Waals surface area contributed by atoms with Gasteiger partial charge in [0, 0.05) is 17.4 Å². The van der Waals surface area contributed by atoms with Gasteiger partial charge in [0.1, 0.15) is 17.1 Å². The summed E-state index contributed by atoms with van der Waals surface area (Å²) in [6.07, 6.45) is 4.54. The van der Waals surface area contributed by atoms with Crippen LogP contribution in [0.5, 0.6) is 0 Å². The minimum atomic E-state index is -0.470. The molecule has 2 unspecified atom stereocenters. The van der Waals surface area contributed by atoms with E-state index in [1.807, 2.05) is 6.92 Å². The van der Waals surface area contributed by atoms with Crippen LogP contribution < -0.4 is 0 Å². The first kappa shape index (κ1) is 15.9. The molecule has 0 radical (unpaired) electrons. The van der Waals surface area contributed by atoms with Gasteiger partial charge in [-0.15, -0.1) is 11.6 Å². The van der Waals surface area contributed by atoms with Gasteiger partial charge >= 0.3 is 11.9 Å². The van der Waals surface area contributed by atoms with Crippen LogP contribution >= 0.6 is 11.6 Å². The number of rotatable bonds is 4. The van der Waals surface area contributed by atoms with Crippen LogP contribution in [0.25, 0.3) is 0 Å². The lowest BCUT2D eigenvalue weighted by atomic mass is 9.48. The third kappa shape index (κ3) is 2.45. The molecule has 22 heavy (non-hydrogen) atoms. The zero-order valence-corrected chi connectivity index (χ0v) is 13.9. The van der Waals surface area contributed by atoms with E-state index >= 15 is 0 Å². The van der Waals surface area contributed by atoms with Gasteiger partial charge in [-0.3, -0.25) is 4.79 Å². The molecule has 2 atom stereocenters. The molecule has 4 saturated carbocycles. The Morgan fingerprint density at radius 1 is 1.18 bits per heavy atom. The summed E-state index contributed by atoms with van der Waals surface area (Å²) >= 11 is 5.60. The van der Waals surface area contributed by atoms with E-state index in [1.54, 1.807) is 6.92 Å². The average Bonchev–Trinajstić information content (AvgIpc) is 2.43. The molecule has 0 aromatic heterocycles. The van der Waals surface area contributed by atoms with E-state index in [0.717, 1.165) is 32.1 Å². The Morgan fingerprint density at radius 3 is 2.27 bits per heavy atom. The molecule has 0 aromatic rings. The maximum absolute atomic E-state index is 12.0. The van der Waals surface area contributed by atoms with E-state index in [4.69, 9.17) is 21.1 Å². The number of alkyl halides is 1. The zero-order valence-electron chi connectivity index (χ0n) is 13.2. The Hall–Kier alpha value is -1.03. The molecule has 0 aromatic carbocycles. The first-order chi connectivity index (χ1) is 10.3. The van der Waals surface area contributed by atoms with E-state index in [1.165, 1.54) is 0 Å². The quantitative estimate of drug-likeness (QED) is 0.452. The lowest BCUT2D eigenvalue weighted by Crippen LogP contribution is -2.64. The monoisotopic (exact) mass is 326 g/mol. The first-order valence-corrected chi connectivity index (χ1v) is 8.48. The van der Waals surface area contributed by atoms with E-state index in [-0.39, 0.29) is 35.3 Å². The normalized spacial score (nSPS) is 42.0. The topological polar surface area (TPSA) is 52.6 Å². The fourth-order valence-corrected chi connectivity index (χ4v) is 5.02. The van der Waals surface area contributed by atoms with Crippen LogP contribution in [-0.2, 0) is 19.1 Å². The van der Waals surface area contributed by atoms with Crippen molar-refractivity contribution in [1.29, 1.82) is 0 Å². The predicted molar refractivity (Wildman–Crippen MR) is 82.4 cm³/mol. The molecule has 4 fully saturated rings. The summed E-state index contributed by atoms with van der Waals surface area (Å²) in [7, 11) is 0. The number of esters is 2. The molecular formula is C17H23ClO4. The summed E-state index contributed by atoms with van der Waals surface area (Å²) in [5.74, 6) is 0.255. The molecule has 4 rings (SSSR count). The molecule has 0 saturated heterocycles. The van der Waals surface area contributed by atoms with Gasteiger partial charge in [0.05, 0.1) is 0 Å². The molecule has 0 heterocycles. The number of ether oxygens (including phenoxy) is 2. The molecule has 0 spiro atoms. The van der Waals surface area contributed by atoms with E-state index in [2.05, 4.69) is 6.58 Å². The van der Waals surface area contributed by atoms with Gasteiger partial charge < -0.3 is 9.47 Å². The largest absolute Gasteiger partial charge is 0.458 e. The van der Waals surface area contributed by atoms with Gasteiger partial charge in [-0.2, -0.15) is 0 Å². The van der Waals surface area contributed by atoms with Crippen molar-refractivity contribution in [3.8, 4) is 0 Å². The summed E-state index contributed by atoms with van der Waals surface area (Å²) in [6.45, 7) is 7.38. The molecule has 0 N–H and O–H groups in total. The minimum absolute atomic E-state index is 0.117. The minimum Gasteiger partial charge on any atom is -0.458 e. The maximum Gasteiger partial charge on any atom is 0.333 e. The zero-order chi connectivity index (χ0) is 16.1. The fourth-order valence-electron chi connectivity index (χ4n) is 4.96. The van der Waals surface area contributed by atoms with Crippen molar-refractivity contribution in [2.75, 3.05) is 5.88 Å². The summed E-state index contributed by atoms with van der Waals surface area (Å²) in [5.41, 5.74) is -0.423. The average molecular weight is 327 g/mol. The van der Waals surface area contributed by atoms with Crippen LogP contribution in [0.2, 0.25) is 0 Å². The molecule has 5 heteroatoms. The highest BCUT2D eigenvalue weighted by atomic mass is 35.5. The Balaban J connectivity index is 1.81. The molecule has 0 amide bonds. The van der Waals surface area contributed by atoms with Crippen molar-refractivity contribution in [1.82, 2.24) is 0 Å². The van der Waals surface area contributed by atoms with Crippen molar-refractivity contribution in [3.63, 3.8) is 0 Å². The van der Waals surface area contributed by atoms with Gasteiger partial charge in [-0.25, -0.2) is 4.79 Å². The second-order valence-electron chi connectivity index (χ2n) is 7.49. The third-order valence-corrected chi connectivity index (χ3v) is 6.07. The van der Waals surface area contributed by atoms with Crippen molar-refractivity contribution in [2.45, 2.75) is 57.2 Å². The lowest BCUT2D eigenvalue weighted by molar-refractivity contribution is -0.242. The Labute approximate surface area is 136 Å². The number of hydrogen-bond acceptors (Lipinski definition) is 4. The van der Waals surface area contributed by atoms with E-state index in [9.17, 15) is 9.59 Å². The van der Waals surface area contributed by atoms with E-state index < -0.39 is 5.60 Å². The summed E-state index contributed by atoms with van der Waals surface area (Å²) in [5, 5.41) is 0. The van der Waals surface area contributed by atoms with Crippen LogP contribution in [0.4, 0.5) is 0 Å². The van der Waals surface area contributed by atoms with Gasteiger partial charge in [0.2, 0.25) is 0 Å². The maximum atomic E-state index is 12.0. The summed E-state index contributed by atoms with van der Waals surface area (Å²) in [4.78, 5) is 23.7. The number of hydrogen-bond donors (Lipinski definition) is 0. The Morgan fingerprint density at radius 2 is 1.77 bits per heavy atom. The molecule has 0 aliphatic heterocycles. The molecule has 4 bridgehead atoms. The molecule has 122 valence electrons. The van der Waals surface area contributed by atoms with Crippen LogP contribution in [-0.4, -0.2) is 29.0 Å². The number of halogens is 1. The van der Waals surface area contributed by atoms with Crippen molar-refractivity contribution in [3.05, 3.63) is 12.2 Å². The number of carbonyl (C=O) groups excluding carboxylic acids is 2. The predicted octanol–water partition coefficient (Wildman–Crippen LogP) is 3.23. The van der Waals surface area contributed by atoms with Crippen molar-refractivity contribution < 1.29 is 19.1 Å². The standard InChI is InChI=1S/C17H23ClO4/c1-10(2)15(20)22-17-6-11-4-12(7-17)16(3,13(5-11)8-17)21-14(19)9-18/h11-13H,1,4-9H2,2-3H3. The SMILES string of the molecule is C=C(C)C(=O)OC12CC3CC(C1)C(C)(OC(=O)CCl)C(C3)C2. The van der Waals surface area contributed by atoms with Gasteiger partial charge in [0.15, 0.2) is 0 Å². The second kappa shape index (κ2) is 5.26. The van der Waals surface area contributed by atoms with E-state index in [0.29, 0.717) is 11.5 Å². The van der Waals surface area contributed by atoms with Gasteiger partial charge in [-0.1, -0.05) is 6.58 Å². The first-order valence-electron chi connectivity index (χ1n) is 7.94. The summed E-state index contributed by atoms with van der Waals surface area (Å²) < 4.78 is 11.6. The highest BCUT2D eigenvalue weighted by Gasteiger charge is 2.63. The molecular weight excluding hydrogens is 304 g/mol. The smallest absolute Gasteiger partial charge is 0.333 e. The van der Waals surface area contributed by atoms with Crippen LogP contribution in [0.1, 0.15) is 46.0 Å².